The van der Waals surface area contributed by atoms with Crippen LogP contribution in [0.5, 0.6) is 0 Å². The summed E-state index contributed by atoms with van der Waals surface area (Å²) in [6.07, 6.45) is 5.81. The number of carbonyl (C=O) groups is 1. The van der Waals surface area contributed by atoms with Crippen LogP contribution in [0.15, 0.2) is 60.8 Å². The largest absolute Gasteiger partial charge is 0.336 e. The molecular weight excluding hydrogens is 398 g/mol. The summed E-state index contributed by atoms with van der Waals surface area (Å²) in [5.74, 6) is -1.59. The fourth-order valence-electron chi connectivity index (χ4n) is 3.73. The second-order valence-electron chi connectivity index (χ2n) is 7.60. The third kappa shape index (κ3) is 4.88. The summed E-state index contributed by atoms with van der Waals surface area (Å²) in [6.45, 7) is 3.49. The zero-order chi connectivity index (χ0) is 21.8. The minimum absolute atomic E-state index is 0.120. The van der Waals surface area contributed by atoms with E-state index in [-0.39, 0.29) is 17.2 Å². The number of nitrogens with zero attached hydrogens (tertiary/aromatic N) is 4. The van der Waals surface area contributed by atoms with Crippen LogP contribution in [0.1, 0.15) is 15.9 Å². The van der Waals surface area contributed by atoms with E-state index in [1.54, 1.807) is 18.1 Å². The van der Waals surface area contributed by atoms with Crippen LogP contribution in [-0.2, 0) is 7.05 Å². The average Bonchev–Trinajstić information content (AvgIpc) is 3.16. The molecule has 160 valence electrons. The van der Waals surface area contributed by atoms with Crippen LogP contribution in [0.3, 0.4) is 0 Å². The van der Waals surface area contributed by atoms with Crippen molar-refractivity contribution in [3.8, 4) is 11.3 Å². The molecule has 3 aromatic rings. The Labute approximate surface area is 180 Å². The van der Waals surface area contributed by atoms with Gasteiger partial charge in [-0.25, -0.2) is 8.78 Å². The van der Waals surface area contributed by atoms with Crippen molar-refractivity contribution in [2.75, 3.05) is 32.7 Å². The normalized spacial score (nSPS) is 15.0. The number of piperazine rings is 1. The number of halogens is 2. The third-order valence-electron chi connectivity index (χ3n) is 5.38. The summed E-state index contributed by atoms with van der Waals surface area (Å²) in [6, 6.07) is 13.4. The predicted octanol–water partition coefficient (Wildman–Crippen LogP) is 3.84. The SMILES string of the molecule is Cn1cc(C(=O)N2CCN(C/C=C/c3ccccc3)CC2)c(-c2ccc(F)cc2F)n1. The maximum absolute atomic E-state index is 14.3. The van der Waals surface area contributed by atoms with Crippen molar-refractivity contribution < 1.29 is 13.6 Å². The van der Waals surface area contributed by atoms with Gasteiger partial charge in [0, 0.05) is 57.6 Å². The molecule has 2 aromatic carbocycles. The molecule has 1 aliphatic heterocycles. The molecule has 31 heavy (non-hydrogen) atoms. The molecule has 0 spiro atoms. The van der Waals surface area contributed by atoms with Gasteiger partial charge in [0.15, 0.2) is 0 Å². The maximum Gasteiger partial charge on any atom is 0.257 e. The van der Waals surface area contributed by atoms with Gasteiger partial charge in [-0.1, -0.05) is 42.5 Å². The first-order valence-corrected chi connectivity index (χ1v) is 10.2. The van der Waals surface area contributed by atoms with Crippen molar-refractivity contribution in [1.82, 2.24) is 19.6 Å². The van der Waals surface area contributed by atoms with Gasteiger partial charge in [0.1, 0.15) is 17.3 Å². The molecule has 5 nitrogen and oxygen atoms in total. The summed E-state index contributed by atoms with van der Waals surface area (Å²) < 4.78 is 29.1. The Morgan fingerprint density at radius 1 is 1.06 bits per heavy atom. The number of hydrogen-bond acceptors (Lipinski definition) is 3. The van der Waals surface area contributed by atoms with Crippen LogP contribution in [-0.4, -0.2) is 58.2 Å². The van der Waals surface area contributed by atoms with Crippen molar-refractivity contribution in [3.63, 3.8) is 0 Å². The highest BCUT2D eigenvalue weighted by Gasteiger charge is 2.26. The molecule has 0 bridgehead atoms. The lowest BCUT2D eigenvalue weighted by Crippen LogP contribution is -2.48. The van der Waals surface area contributed by atoms with Crippen LogP contribution in [0, 0.1) is 11.6 Å². The van der Waals surface area contributed by atoms with E-state index >= 15 is 0 Å². The zero-order valence-electron chi connectivity index (χ0n) is 17.3. The number of aryl methyl sites for hydroxylation is 1. The minimum Gasteiger partial charge on any atom is -0.336 e. The van der Waals surface area contributed by atoms with Crippen molar-refractivity contribution in [2.45, 2.75) is 0 Å². The molecule has 0 aliphatic carbocycles. The molecule has 1 aromatic heterocycles. The predicted molar refractivity (Wildman–Crippen MR) is 116 cm³/mol. The first-order chi connectivity index (χ1) is 15.0. The molecule has 1 saturated heterocycles. The molecule has 1 aliphatic rings. The van der Waals surface area contributed by atoms with Crippen LogP contribution in [0.25, 0.3) is 17.3 Å². The topological polar surface area (TPSA) is 41.4 Å². The first kappa shape index (κ1) is 20.9. The summed E-state index contributed by atoms with van der Waals surface area (Å²) in [4.78, 5) is 17.2. The highest BCUT2D eigenvalue weighted by atomic mass is 19.1. The lowest BCUT2D eigenvalue weighted by atomic mass is 10.1. The second-order valence-corrected chi connectivity index (χ2v) is 7.60. The quantitative estimate of drug-likeness (QED) is 0.628. The number of rotatable bonds is 5. The fraction of sp³-hybridized carbons (Fsp3) is 0.250. The molecule has 1 fully saturated rings. The number of carbonyl (C=O) groups excluding carboxylic acids is 1. The van der Waals surface area contributed by atoms with E-state index in [0.29, 0.717) is 18.7 Å². The highest BCUT2D eigenvalue weighted by Crippen LogP contribution is 2.26. The Morgan fingerprint density at radius 3 is 2.52 bits per heavy atom. The lowest BCUT2D eigenvalue weighted by Gasteiger charge is -2.34. The van der Waals surface area contributed by atoms with Gasteiger partial charge in [-0.2, -0.15) is 5.10 Å². The monoisotopic (exact) mass is 422 g/mol. The van der Waals surface area contributed by atoms with E-state index in [1.165, 1.54) is 16.8 Å². The summed E-state index contributed by atoms with van der Waals surface area (Å²) in [5.41, 5.74) is 1.84. The van der Waals surface area contributed by atoms with Crippen LogP contribution in [0.2, 0.25) is 0 Å². The number of aromatic nitrogens is 2. The van der Waals surface area contributed by atoms with Gasteiger partial charge < -0.3 is 4.90 Å². The van der Waals surface area contributed by atoms with Gasteiger partial charge in [0.2, 0.25) is 0 Å². The van der Waals surface area contributed by atoms with E-state index in [0.717, 1.165) is 31.3 Å². The second kappa shape index (κ2) is 9.22. The minimum atomic E-state index is -0.734. The van der Waals surface area contributed by atoms with Gasteiger partial charge in [-0.3, -0.25) is 14.4 Å². The molecule has 0 radical (unpaired) electrons. The summed E-state index contributed by atoms with van der Waals surface area (Å²) in [5, 5.41) is 4.26. The van der Waals surface area contributed by atoms with Crippen LogP contribution < -0.4 is 0 Å². The molecular formula is C24H24F2N4O. The van der Waals surface area contributed by atoms with E-state index < -0.39 is 11.6 Å². The molecule has 0 N–H and O–H groups in total. The smallest absolute Gasteiger partial charge is 0.257 e. The lowest BCUT2D eigenvalue weighted by molar-refractivity contribution is 0.0651. The summed E-state index contributed by atoms with van der Waals surface area (Å²) >= 11 is 0. The van der Waals surface area contributed by atoms with Gasteiger partial charge in [0.05, 0.1) is 5.56 Å². The van der Waals surface area contributed by atoms with E-state index in [4.69, 9.17) is 0 Å². The number of hydrogen-bond donors (Lipinski definition) is 0. The van der Waals surface area contributed by atoms with Gasteiger partial charge in [-0.05, 0) is 17.7 Å². The Morgan fingerprint density at radius 2 is 1.81 bits per heavy atom. The Bertz CT molecular complexity index is 1090. The first-order valence-electron chi connectivity index (χ1n) is 10.2. The van der Waals surface area contributed by atoms with Crippen molar-refractivity contribution in [2.24, 2.45) is 7.05 Å². The zero-order valence-corrected chi connectivity index (χ0v) is 17.3. The third-order valence-corrected chi connectivity index (χ3v) is 5.38. The molecule has 4 rings (SSSR count). The molecule has 1 amide bonds. The van der Waals surface area contributed by atoms with Gasteiger partial charge >= 0.3 is 0 Å². The van der Waals surface area contributed by atoms with Crippen molar-refractivity contribution in [1.29, 1.82) is 0 Å². The van der Waals surface area contributed by atoms with E-state index in [9.17, 15) is 13.6 Å². The number of amides is 1. The van der Waals surface area contributed by atoms with E-state index in [1.807, 2.05) is 18.2 Å². The Hall–Kier alpha value is -3.32. The molecule has 0 unspecified atom stereocenters. The van der Waals surface area contributed by atoms with Crippen molar-refractivity contribution >= 4 is 12.0 Å². The molecule has 0 saturated carbocycles. The van der Waals surface area contributed by atoms with Crippen molar-refractivity contribution in [3.05, 3.63) is 83.6 Å². The Balaban J connectivity index is 1.41. The molecule has 0 atom stereocenters. The average molecular weight is 422 g/mol. The van der Waals surface area contributed by atoms with Crippen LogP contribution in [0.4, 0.5) is 8.78 Å². The number of benzene rings is 2. The standard InChI is InChI=1S/C24H24F2N4O/c1-28-17-21(23(27-28)20-10-9-19(25)16-22(20)26)24(31)30-14-12-29(13-15-30)11-5-8-18-6-3-2-4-7-18/h2-10,16-17H,11-15H2,1H3/b8-5+. The fourth-order valence-corrected chi connectivity index (χ4v) is 3.73. The van der Waals surface area contributed by atoms with Gasteiger partial charge in [-0.15, -0.1) is 0 Å². The summed E-state index contributed by atoms with van der Waals surface area (Å²) in [7, 11) is 1.68. The molecule has 7 heteroatoms. The maximum atomic E-state index is 14.3. The van der Waals surface area contributed by atoms with E-state index in [2.05, 4.69) is 34.3 Å². The Kier molecular flexibility index (Phi) is 6.23. The van der Waals surface area contributed by atoms with Crippen LogP contribution >= 0.6 is 0 Å². The highest BCUT2D eigenvalue weighted by molar-refractivity contribution is 6.00. The van der Waals surface area contributed by atoms with Gasteiger partial charge in [0.25, 0.3) is 5.91 Å². The molecule has 2 heterocycles.